The zero-order valence-corrected chi connectivity index (χ0v) is 12.8. The first-order valence-corrected chi connectivity index (χ1v) is 6.74. The molecule has 0 aliphatic heterocycles. The van der Waals surface area contributed by atoms with Crippen molar-refractivity contribution in [3.8, 4) is 0 Å². The van der Waals surface area contributed by atoms with Crippen LogP contribution in [0.4, 0.5) is 4.79 Å². The fourth-order valence-corrected chi connectivity index (χ4v) is 2.23. The summed E-state index contributed by atoms with van der Waals surface area (Å²) in [6.07, 6.45) is 0.856. The Hall–Kier alpha value is -0.960. The second-order valence-corrected chi connectivity index (χ2v) is 6.23. The molecule has 0 atom stereocenters. The average molecular weight is 265 g/mol. The van der Waals surface area contributed by atoms with E-state index in [0.717, 1.165) is 6.42 Å². The van der Waals surface area contributed by atoms with E-state index >= 15 is 0 Å². The highest BCUT2D eigenvalue weighted by molar-refractivity contribution is 7.96. The first-order valence-electron chi connectivity index (χ1n) is 6.29. The van der Waals surface area contributed by atoms with Gasteiger partial charge in [0.05, 0.1) is 0 Å². The van der Waals surface area contributed by atoms with Crippen molar-refractivity contribution in [3.05, 3.63) is 34.4 Å². The maximum Gasteiger partial charge on any atom is 0.275 e. The number of carbonyl (C=O) groups excluding carboxylic acids is 1. The van der Waals surface area contributed by atoms with Crippen LogP contribution in [0.3, 0.4) is 0 Å². The molecule has 0 fully saturated rings. The van der Waals surface area contributed by atoms with Crippen LogP contribution in [0, 0.1) is 13.8 Å². The van der Waals surface area contributed by atoms with E-state index in [-0.39, 0.29) is 10.7 Å². The van der Waals surface area contributed by atoms with Crippen LogP contribution >= 0.6 is 12.6 Å². The highest BCUT2D eigenvalue weighted by Crippen LogP contribution is 2.26. The van der Waals surface area contributed by atoms with Crippen LogP contribution in [0.25, 0.3) is 0 Å². The van der Waals surface area contributed by atoms with Gasteiger partial charge in [0.2, 0.25) is 0 Å². The molecule has 0 aliphatic carbocycles. The predicted octanol–water partition coefficient (Wildman–Crippen LogP) is 3.78. The summed E-state index contributed by atoms with van der Waals surface area (Å²) in [4.78, 5) is 10.7. The van der Waals surface area contributed by atoms with E-state index < -0.39 is 0 Å². The molecule has 0 bridgehead atoms. The number of thiol groups is 1. The summed E-state index contributed by atoms with van der Waals surface area (Å²) < 4.78 is 0. The summed E-state index contributed by atoms with van der Waals surface area (Å²) in [6.45, 7) is 11.6. The standard InChI is InChI=1S/C15H23NOS/c1-10-8-12(15(3,4)5)9-11(2)13(10)6-7-16-14(17)18/h8-9H,6-7H2,1-5H3,(H2,16,17,18). The minimum absolute atomic E-state index is 0.174. The number of aryl methyl sites for hydroxylation is 2. The van der Waals surface area contributed by atoms with Crippen molar-refractivity contribution in [2.45, 2.75) is 46.5 Å². The van der Waals surface area contributed by atoms with Gasteiger partial charge in [0.15, 0.2) is 0 Å². The Labute approximate surface area is 116 Å². The smallest absolute Gasteiger partial charge is 0.275 e. The van der Waals surface area contributed by atoms with Gasteiger partial charge in [0, 0.05) is 6.54 Å². The second-order valence-electron chi connectivity index (χ2n) is 5.82. The van der Waals surface area contributed by atoms with E-state index in [4.69, 9.17) is 0 Å². The van der Waals surface area contributed by atoms with E-state index in [1.165, 1.54) is 22.3 Å². The Bertz CT molecular complexity index is 423. The van der Waals surface area contributed by atoms with Crippen LogP contribution in [0.2, 0.25) is 0 Å². The lowest BCUT2D eigenvalue weighted by molar-refractivity contribution is 0.261. The molecule has 1 rings (SSSR count). The predicted molar refractivity (Wildman–Crippen MR) is 80.7 cm³/mol. The Morgan fingerprint density at radius 3 is 2.11 bits per heavy atom. The van der Waals surface area contributed by atoms with Gasteiger partial charge in [-0.1, -0.05) is 45.5 Å². The first-order chi connectivity index (χ1) is 8.21. The van der Waals surface area contributed by atoms with Crippen molar-refractivity contribution >= 4 is 17.9 Å². The molecule has 0 saturated heterocycles. The SMILES string of the molecule is Cc1cc(C(C)(C)C)cc(C)c1CCNC(=O)S. The summed E-state index contributed by atoms with van der Waals surface area (Å²) >= 11 is 3.70. The van der Waals surface area contributed by atoms with Gasteiger partial charge >= 0.3 is 0 Å². The normalized spacial score (nSPS) is 11.4. The number of benzene rings is 1. The number of rotatable bonds is 3. The molecule has 3 heteroatoms. The molecule has 0 heterocycles. The van der Waals surface area contributed by atoms with Crippen molar-refractivity contribution in [3.63, 3.8) is 0 Å². The zero-order valence-electron chi connectivity index (χ0n) is 11.9. The van der Waals surface area contributed by atoms with E-state index in [9.17, 15) is 4.79 Å². The molecule has 0 saturated carbocycles. The minimum atomic E-state index is -0.267. The van der Waals surface area contributed by atoms with Gasteiger partial charge in [-0.15, -0.1) is 0 Å². The molecule has 1 aromatic rings. The van der Waals surface area contributed by atoms with Crippen molar-refractivity contribution < 1.29 is 4.79 Å². The summed E-state index contributed by atoms with van der Waals surface area (Å²) in [5, 5.41) is 2.45. The lowest BCUT2D eigenvalue weighted by atomic mass is 9.83. The Balaban J connectivity index is 2.91. The lowest BCUT2D eigenvalue weighted by Gasteiger charge is -2.22. The van der Waals surface area contributed by atoms with Gasteiger partial charge < -0.3 is 5.32 Å². The fourth-order valence-electron chi connectivity index (χ4n) is 2.12. The lowest BCUT2D eigenvalue weighted by Crippen LogP contribution is -2.20. The van der Waals surface area contributed by atoms with Crippen molar-refractivity contribution in [2.24, 2.45) is 0 Å². The van der Waals surface area contributed by atoms with E-state index in [1.54, 1.807) is 0 Å². The number of hydrogen-bond acceptors (Lipinski definition) is 1. The second kappa shape index (κ2) is 5.79. The molecule has 2 nitrogen and oxygen atoms in total. The minimum Gasteiger partial charge on any atom is -0.347 e. The quantitative estimate of drug-likeness (QED) is 0.800. The molecule has 0 aliphatic rings. The van der Waals surface area contributed by atoms with Crippen molar-refractivity contribution in [1.82, 2.24) is 5.32 Å². The number of carbonyl (C=O) groups is 1. The van der Waals surface area contributed by atoms with Crippen molar-refractivity contribution in [1.29, 1.82) is 0 Å². The molecular weight excluding hydrogens is 242 g/mol. The van der Waals surface area contributed by atoms with E-state index in [2.05, 4.69) is 64.7 Å². The highest BCUT2D eigenvalue weighted by atomic mass is 32.1. The van der Waals surface area contributed by atoms with Crippen LogP contribution in [0.5, 0.6) is 0 Å². The third-order valence-corrected chi connectivity index (χ3v) is 3.37. The molecule has 0 unspecified atom stereocenters. The largest absolute Gasteiger partial charge is 0.347 e. The van der Waals surface area contributed by atoms with Gasteiger partial charge in [-0.05, 0) is 47.9 Å². The fraction of sp³-hybridized carbons (Fsp3) is 0.533. The molecule has 1 amide bonds. The first kappa shape index (κ1) is 15.1. The topological polar surface area (TPSA) is 29.1 Å². The number of nitrogens with one attached hydrogen (secondary N) is 1. The van der Waals surface area contributed by atoms with Gasteiger partial charge in [-0.25, -0.2) is 0 Å². The monoisotopic (exact) mass is 265 g/mol. The summed E-state index contributed by atoms with van der Waals surface area (Å²) in [7, 11) is 0. The van der Waals surface area contributed by atoms with Crippen LogP contribution in [-0.4, -0.2) is 11.8 Å². The molecule has 18 heavy (non-hydrogen) atoms. The van der Waals surface area contributed by atoms with E-state index in [0.29, 0.717) is 6.54 Å². The van der Waals surface area contributed by atoms with Gasteiger partial charge in [-0.3, -0.25) is 4.79 Å². The molecular formula is C15H23NOS. The van der Waals surface area contributed by atoms with Gasteiger partial charge in [0.25, 0.3) is 5.24 Å². The van der Waals surface area contributed by atoms with Gasteiger partial charge in [0.1, 0.15) is 0 Å². The number of hydrogen-bond donors (Lipinski definition) is 2. The maximum atomic E-state index is 10.7. The zero-order chi connectivity index (χ0) is 13.9. The van der Waals surface area contributed by atoms with Gasteiger partial charge in [-0.2, -0.15) is 0 Å². The third kappa shape index (κ3) is 4.05. The Kier molecular flexibility index (Phi) is 4.85. The average Bonchev–Trinajstić information content (AvgIpc) is 2.20. The molecule has 1 aromatic carbocycles. The number of amides is 1. The van der Waals surface area contributed by atoms with Crippen LogP contribution in [0.1, 0.15) is 43.0 Å². The van der Waals surface area contributed by atoms with E-state index in [1.807, 2.05) is 0 Å². The van der Waals surface area contributed by atoms with Crippen LogP contribution < -0.4 is 5.32 Å². The summed E-state index contributed by atoms with van der Waals surface area (Å²) in [6, 6.07) is 4.51. The summed E-state index contributed by atoms with van der Waals surface area (Å²) in [5.74, 6) is 0. The molecule has 1 N–H and O–H groups in total. The highest BCUT2D eigenvalue weighted by Gasteiger charge is 2.16. The Morgan fingerprint density at radius 2 is 1.72 bits per heavy atom. The maximum absolute atomic E-state index is 10.7. The van der Waals surface area contributed by atoms with Crippen molar-refractivity contribution in [2.75, 3.05) is 6.54 Å². The molecule has 100 valence electrons. The third-order valence-electron chi connectivity index (χ3n) is 3.21. The summed E-state index contributed by atoms with van der Waals surface area (Å²) in [5.41, 5.74) is 5.46. The molecule has 0 aromatic heterocycles. The van der Waals surface area contributed by atoms with Crippen LogP contribution in [0.15, 0.2) is 12.1 Å². The van der Waals surface area contributed by atoms with Crippen LogP contribution in [-0.2, 0) is 11.8 Å². The Morgan fingerprint density at radius 1 is 1.22 bits per heavy atom. The molecule has 0 spiro atoms. The molecule has 0 radical (unpaired) electrons.